The van der Waals surface area contributed by atoms with E-state index in [-0.39, 0.29) is 16.9 Å². The molecule has 0 spiro atoms. The van der Waals surface area contributed by atoms with Gasteiger partial charge in [0.25, 0.3) is 5.91 Å². The van der Waals surface area contributed by atoms with E-state index < -0.39 is 0 Å². The summed E-state index contributed by atoms with van der Waals surface area (Å²) in [6.45, 7) is 3.15. The molecule has 0 fully saturated rings. The Hall–Kier alpha value is -1.62. The smallest absolute Gasteiger partial charge is 0.259 e. The predicted molar refractivity (Wildman–Crippen MR) is 67.3 cm³/mol. The summed E-state index contributed by atoms with van der Waals surface area (Å²) in [7, 11) is 5.58. The minimum absolute atomic E-state index is 0.192. The van der Waals surface area contributed by atoms with Gasteiger partial charge < -0.3 is 14.8 Å². The van der Waals surface area contributed by atoms with Gasteiger partial charge in [0.05, 0.1) is 0 Å². The summed E-state index contributed by atoms with van der Waals surface area (Å²) in [5.41, 5.74) is 0.710. The van der Waals surface area contributed by atoms with Crippen LogP contribution >= 0.6 is 0 Å². The predicted octanol–water partition coefficient (Wildman–Crippen LogP) is 0.317. The average molecular weight is 237 g/mol. The number of carbonyl (C=O) groups excluding carboxylic acids is 1. The summed E-state index contributed by atoms with van der Waals surface area (Å²) >= 11 is 0. The standard InChI is InChI=1S/C12H19N3O2/c1-9-7-11(16)10(8-13-9)12(17)15(4)6-5-14(2)3/h7-8H,5-6H2,1-4H3,(H,13,16). The summed E-state index contributed by atoms with van der Waals surface area (Å²) < 4.78 is 0. The highest BCUT2D eigenvalue weighted by Crippen LogP contribution is 1.98. The van der Waals surface area contributed by atoms with Crippen LogP contribution in [0.2, 0.25) is 0 Å². The number of pyridine rings is 1. The molecule has 0 saturated carbocycles. The van der Waals surface area contributed by atoms with Gasteiger partial charge in [-0.1, -0.05) is 0 Å². The Morgan fingerprint density at radius 3 is 2.47 bits per heavy atom. The van der Waals surface area contributed by atoms with Crippen molar-refractivity contribution in [2.24, 2.45) is 0 Å². The SMILES string of the molecule is Cc1cc(=O)c(C(=O)N(C)CCN(C)C)c[nH]1. The normalized spacial score (nSPS) is 10.6. The fourth-order valence-electron chi connectivity index (χ4n) is 1.40. The van der Waals surface area contributed by atoms with Crippen LogP contribution in [0.4, 0.5) is 0 Å². The third kappa shape index (κ3) is 3.71. The number of rotatable bonds is 4. The fraction of sp³-hybridized carbons (Fsp3) is 0.500. The number of aromatic amines is 1. The maximum Gasteiger partial charge on any atom is 0.259 e. The molecule has 1 N–H and O–H groups in total. The second-order valence-electron chi connectivity index (χ2n) is 4.42. The molecule has 0 aromatic carbocycles. The maximum absolute atomic E-state index is 12.0. The molecular formula is C12H19N3O2. The van der Waals surface area contributed by atoms with Crippen LogP contribution in [0.15, 0.2) is 17.1 Å². The molecule has 94 valence electrons. The van der Waals surface area contributed by atoms with Crippen LogP contribution in [0.3, 0.4) is 0 Å². The molecule has 0 radical (unpaired) electrons. The van der Waals surface area contributed by atoms with Crippen molar-refractivity contribution in [2.75, 3.05) is 34.2 Å². The number of nitrogens with one attached hydrogen (secondary N) is 1. The second-order valence-corrected chi connectivity index (χ2v) is 4.42. The highest BCUT2D eigenvalue weighted by atomic mass is 16.2. The van der Waals surface area contributed by atoms with Crippen LogP contribution in [0.5, 0.6) is 0 Å². The molecule has 0 aliphatic heterocycles. The van der Waals surface area contributed by atoms with Gasteiger partial charge in [-0.15, -0.1) is 0 Å². The fourth-order valence-corrected chi connectivity index (χ4v) is 1.40. The lowest BCUT2D eigenvalue weighted by molar-refractivity contribution is 0.0784. The Morgan fingerprint density at radius 1 is 1.29 bits per heavy atom. The Labute approximate surface area is 101 Å². The van der Waals surface area contributed by atoms with Gasteiger partial charge in [-0.3, -0.25) is 9.59 Å². The molecule has 1 aromatic rings. The molecule has 17 heavy (non-hydrogen) atoms. The number of aryl methyl sites for hydroxylation is 1. The summed E-state index contributed by atoms with van der Waals surface area (Å²) in [6, 6.07) is 1.44. The van der Waals surface area contributed by atoms with Gasteiger partial charge in [-0.05, 0) is 21.0 Å². The first kappa shape index (κ1) is 13.4. The van der Waals surface area contributed by atoms with Gasteiger partial charge in [0.1, 0.15) is 5.56 Å². The minimum Gasteiger partial charge on any atom is -0.364 e. The number of hydrogen-bond acceptors (Lipinski definition) is 3. The minimum atomic E-state index is -0.242. The number of carbonyl (C=O) groups is 1. The van der Waals surface area contributed by atoms with E-state index in [0.717, 1.165) is 12.2 Å². The number of nitrogens with zero attached hydrogens (tertiary/aromatic N) is 2. The van der Waals surface area contributed by atoms with Gasteiger partial charge >= 0.3 is 0 Å². The van der Waals surface area contributed by atoms with Gasteiger partial charge in [-0.25, -0.2) is 0 Å². The molecule has 1 aromatic heterocycles. The molecule has 0 aliphatic rings. The zero-order chi connectivity index (χ0) is 13.0. The van der Waals surface area contributed by atoms with Gasteiger partial charge in [0.2, 0.25) is 0 Å². The van der Waals surface area contributed by atoms with E-state index in [4.69, 9.17) is 0 Å². The van der Waals surface area contributed by atoms with E-state index in [9.17, 15) is 9.59 Å². The largest absolute Gasteiger partial charge is 0.364 e. The van der Waals surface area contributed by atoms with E-state index in [1.54, 1.807) is 18.9 Å². The van der Waals surface area contributed by atoms with Gasteiger partial charge in [0, 0.05) is 38.1 Å². The van der Waals surface area contributed by atoms with E-state index in [1.807, 2.05) is 19.0 Å². The molecule has 0 aliphatic carbocycles. The van der Waals surface area contributed by atoms with Crippen LogP contribution in [0.1, 0.15) is 16.1 Å². The average Bonchev–Trinajstić information content (AvgIpc) is 2.25. The Kier molecular flexibility index (Phi) is 4.45. The molecule has 0 unspecified atom stereocenters. The summed E-state index contributed by atoms with van der Waals surface area (Å²) in [6.07, 6.45) is 1.48. The third-order valence-electron chi connectivity index (χ3n) is 2.52. The summed E-state index contributed by atoms with van der Waals surface area (Å²) in [4.78, 5) is 30.1. The van der Waals surface area contributed by atoms with Crippen molar-refractivity contribution >= 4 is 5.91 Å². The highest BCUT2D eigenvalue weighted by molar-refractivity contribution is 5.93. The molecule has 0 bridgehead atoms. The topological polar surface area (TPSA) is 56.4 Å². The Morgan fingerprint density at radius 2 is 1.94 bits per heavy atom. The van der Waals surface area contributed by atoms with Crippen LogP contribution in [0.25, 0.3) is 0 Å². The molecule has 1 rings (SSSR count). The molecule has 0 atom stereocenters. The molecular weight excluding hydrogens is 218 g/mol. The first-order chi connectivity index (χ1) is 7.91. The zero-order valence-electron chi connectivity index (χ0n) is 10.8. The number of likely N-dealkylation sites (N-methyl/N-ethyl adjacent to an activating group) is 2. The number of amides is 1. The lowest BCUT2D eigenvalue weighted by Crippen LogP contribution is -2.35. The third-order valence-corrected chi connectivity index (χ3v) is 2.52. The lowest BCUT2D eigenvalue weighted by atomic mass is 10.2. The number of aromatic nitrogens is 1. The summed E-state index contributed by atoms with van der Waals surface area (Å²) in [5, 5.41) is 0. The van der Waals surface area contributed by atoms with Crippen molar-refractivity contribution in [1.29, 1.82) is 0 Å². The Balaban J connectivity index is 2.78. The van der Waals surface area contributed by atoms with Crippen LogP contribution in [-0.4, -0.2) is 54.9 Å². The molecule has 1 amide bonds. The van der Waals surface area contributed by atoms with Crippen molar-refractivity contribution in [3.05, 3.63) is 33.7 Å². The second kappa shape index (κ2) is 5.63. The Bertz CT molecular complexity index is 451. The first-order valence-corrected chi connectivity index (χ1v) is 5.51. The van der Waals surface area contributed by atoms with Crippen molar-refractivity contribution in [3.8, 4) is 0 Å². The van der Waals surface area contributed by atoms with Crippen LogP contribution in [-0.2, 0) is 0 Å². The highest BCUT2D eigenvalue weighted by Gasteiger charge is 2.14. The molecule has 5 nitrogen and oxygen atoms in total. The number of H-pyrrole nitrogens is 1. The number of hydrogen-bond donors (Lipinski definition) is 1. The quantitative estimate of drug-likeness (QED) is 0.820. The zero-order valence-corrected chi connectivity index (χ0v) is 10.8. The van der Waals surface area contributed by atoms with E-state index in [2.05, 4.69) is 4.98 Å². The van der Waals surface area contributed by atoms with Crippen molar-refractivity contribution in [2.45, 2.75) is 6.92 Å². The van der Waals surface area contributed by atoms with Crippen molar-refractivity contribution < 1.29 is 4.79 Å². The summed E-state index contributed by atoms with van der Waals surface area (Å²) in [5.74, 6) is -0.242. The molecule has 5 heteroatoms. The van der Waals surface area contributed by atoms with E-state index >= 15 is 0 Å². The lowest BCUT2D eigenvalue weighted by Gasteiger charge is -2.19. The van der Waals surface area contributed by atoms with E-state index in [1.165, 1.54) is 12.3 Å². The van der Waals surface area contributed by atoms with Crippen LogP contribution in [0, 0.1) is 6.92 Å². The first-order valence-electron chi connectivity index (χ1n) is 5.51. The maximum atomic E-state index is 12.0. The van der Waals surface area contributed by atoms with Crippen molar-refractivity contribution in [3.63, 3.8) is 0 Å². The van der Waals surface area contributed by atoms with Crippen molar-refractivity contribution in [1.82, 2.24) is 14.8 Å². The molecule has 0 saturated heterocycles. The van der Waals surface area contributed by atoms with E-state index in [0.29, 0.717) is 6.54 Å². The molecule has 1 heterocycles. The van der Waals surface area contributed by atoms with Gasteiger partial charge in [-0.2, -0.15) is 0 Å². The van der Waals surface area contributed by atoms with Gasteiger partial charge in [0.15, 0.2) is 5.43 Å². The monoisotopic (exact) mass is 237 g/mol. The van der Waals surface area contributed by atoms with Crippen LogP contribution < -0.4 is 5.43 Å².